The molecule has 2 aromatic rings. The SMILES string of the molecule is CC(C)(C)OC(=O)NCC(O)C(O)c1cccc2ccccc12. The van der Waals surface area contributed by atoms with Gasteiger partial charge < -0.3 is 20.3 Å². The summed E-state index contributed by atoms with van der Waals surface area (Å²) in [7, 11) is 0. The van der Waals surface area contributed by atoms with Gasteiger partial charge in [0.05, 0.1) is 0 Å². The molecule has 2 unspecified atom stereocenters. The monoisotopic (exact) mass is 317 g/mol. The molecule has 23 heavy (non-hydrogen) atoms. The number of aliphatic hydroxyl groups is 2. The number of benzene rings is 2. The molecule has 124 valence electrons. The maximum absolute atomic E-state index is 11.6. The zero-order valence-corrected chi connectivity index (χ0v) is 13.6. The number of ether oxygens (including phenoxy) is 1. The molecule has 0 heterocycles. The minimum Gasteiger partial charge on any atom is -0.444 e. The van der Waals surface area contributed by atoms with Crippen LogP contribution in [-0.2, 0) is 4.74 Å². The summed E-state index contributed by atoms with van der Waals surface area (Å²) in [6.45, 7) is 5.18. The Morgan fingerprint density at radius 2 is 1.78 bits per heavy atom. The number of hydrogen-bond acceptors (Lipinski definition) is 4. The van der Waals surface area contributed by atoms with Gasteiger partial charge in [-0.25, -0.2) is 4.79 Å². The van der Waals surface area contributed by atoms with Gasteiger partial charge in [0.15, 0.2) is 0 Å². The lowest BCUT2D eigenvalue weighted by Gasteiger charge is -2.22. The van der Waals surface area contributed by atoms with Crippen LogP contribution in [0, 0.1) is 0 Å². The predicted molar refractivity (Wildman–Crippen MR) is 89.2 cm³/mol. The number of aliphatic hydroxyl groups excluding tert-OH is 2. The number of alkyl carbamates (subject to hydrolysis) is 1. The Morgan fingerprint density at radius 1 is 1.13 bits per heavy atom. The highest BCUT2D eigenvalue weighted by atomic mass is 16.6. The van der Waals surface area contributed by atoms with Gasteiger partial charge in [0.2, 0.25) is 0 Å². The van der Waals surface area contributed by atoms with Crippen LogP contribution in [0.2, 0.25) is 0 Å². The van der Waals surface area contributed by atoms with Crippen molar-refractivity contribution < 1.29 is 19.7 Å². The first-order valence-electron chi connectivity index (χ1n) is 7.58. The Balaban J connectivity index is 2.04. The number of amides is 1. The maximum atomic E-state index is 11.6. The molecule has 5 nitrogen and oxygen atoms in total. The molecule has 3 N–H and O–H groups in total. The molecule has 5 heteroatoms. The molecule has 0 aliphatic carbocycles. The van der Waals surface area contributed by atoms with Crippen molar-refractivity contribution in [2.75, 3.05) is 6.54 Å². The second-order valence-corrected chi connectivity index (χ2v) is 6.46. The molecule has 2 aromatic carbocycles. The Labute approximate surface area is 135 Å². The van der Waals surface area contributed by atoms with Gasteiger partial charge in [-0.05, 0) is 37.1 Å². The van der Waals surface area contributed by atoms with E-state index in [0.717, 1.165) is 10.8 Å². The van der Waals surface area contributed by atoms with E-state index in [0.29, 0.717) is 5.56 Å². The summed E-state index contributed by atoms with van der Waals surface area (Å²) >= 11 is 0. The van der Waals surface area contributed by atoms with Gasteiger partial charge in [-0.3, -0.25) is 0 Å². The van der Waals surface area contributed by atoms with E-state index in [4.69, 9.17) is 4.74 Å². The van der Waals surface area contributed by atoms with Gasteiger partial charge in [-0.2, -0.15) is 0 Å². The molecule has 2 atom stereocenters. The minimum absolute atomic E-state index is 0.0979. The molecule has 0 saturated heterocycles. The van der Waals surface area contributed by atoms with E-state index in [1.807, 2.05) is 36.4 Å². The first-order chi connectivity index (χ1) is 10.8. The summed E-state index contributed by atoms with van der Waals surface area (Å²) in [4.78, 5) is 11.6. The normalized spacial score (nSPS) is 14.3. The average Bonchev–Trinajstić information content (AvgIpc) is 2.49. The van der Waals surface area contributed by atoms with Crippen molar-refractivity contribution in [1.29, 1.82) is 0 Å². The van der Waals surface area contributed by atoms with E-state index in [1.165, 1.54) is 0 Å². The van der Waals surface area contributed by atoms with Crippen molar-refractivity contribution in [3.63, 3.8) is 0 Å². The van der Waals surface area contributed by atoms with E-state index in [9.17, 15) is 15.0 Å². The van der Waals surface area contributed by atoms with E-state index in [-0.39, 0.29) is 6.54 Å². The van der Waals surface area contributed by atoms with Crippen molar-refractivity contribution in [2.45, 2.75) is 38.6 Å². The standard InChI is InChI=1S/C18H23NO4/c1-18(2,3)23-17(22)19-11-15(20)16(21)14-10-6-8-12-7-4-5-9-13(12)14/h4-10,15-16,20-21H,11H2,1-3H3,(H,19,22). The molecule has 1 amide bonds. The second-order valence-electron chi connectivity index (χ2n) is 6.46. The third-order valence-corrected chi connectivity index (χ3v) is 3.36. The van der Waals surface area contributed by atoms with Crippen LogP contribution >= 0.6 is 0 Å². The fourth-order valence-electron chi connectivity index (χ4n) is 2.33. The van der Waals surface area contributed by atoms with Crippen LogP contribution in [0.4, 0.5) is 4.79 Å². The van der Waals surface area contributed by atoms with Crippen LogP contribution < -0.4 is 5.32 Å². The topological polar surface area (TPSA) is 78.8 Å². The number of rotatable bonds is 4. The molecule has 0 aliphatic rings. The van der Waals surface area contributed by atoms with E-state index >= 15 is 0 Å². The van der Waals surface area contributed by atoms with E-state index in [2.05, 4.69) is 5.32 Å². The third kappa shape index (κ3) is 4.68. The van der Waals surface area contributed by atoms with Crippen LogP contribution in [0.1, 0.15) is 32.4 Å². The molecule has 0 saturated carbocycles. The number of carbonyl (C=O) groups excluding carboxylic acids is 1. The summed E-state index contributed by atoms with van der Waals surface area (Å²) in [5.74, 6) is 0. The fraction of sp³-hybridized carbons (Fsp3) is 0.389. The summed E-state index contributed by atoms with van der Waals surface area (Å²) in [6, 6.07) is 13.2. The summed E-state index contributed by atoms with van der Waals surface area (Å²) in [5.41, 5.74) is 0.0186. The summed E-state index contributed by atoms with van der Waals surface area (Å²) < 4.78 is 5.10. The van der Waals surface area contributed by atoms with Crippen molar-refractivity contribution in [3.8, 4) is 0 Å². The predicted octanol–water partition coefficient (Wildman–Crippen LogP) is 2.76. The Morgan fingerprint density at radius 3 is 2.48 bits per heavy atom. The van der Waals surface area contributed by atoms with Crippen molar-refractivity contribution in [3.05, 3.63) is 48.0 Å². The van der Waals surface area contributed by atoms with Crippen LogP contribution in [-0.4, -0.2) is 34.6 Å². The third-order valence-electron chi connectivity index (χ3n) is 3.36. The first-order valence-corrected chi connectivity index (χ1v) is 7.58. The smallest absolute Gasteiger partial charge is 0.407 e. The zero-order chi connectivity index (χ0) is 17.0. The lowest BCUT2D eigenvalue weighted by molar-refractivity contribution is 0.0136. The molecular weight excluding hydrogens is 294 g/mol. The quantitative estimate of drug-likeness (QED) is 0.810. The van der Waals surface area contributed by atoms with Crippen molar-refractivity contribution >= 4 is 16.9 Å². The molecule has 0 aromatic heterocycles. The van der Waals surface area contributed by atoms with Crippen molar-refractivity contribution in [2.24, 2.45) is 0 Å². The van der Waals surface area contributed by atoms with Crippen LogP contribution in [0.15, 0.2) is 42.5 Å². The lowest BCUT2D eigenvalue weighted by Crippen LogP contribution is -2.38. The number of fused-ring (bicyclic) bond motifs is 1. The molecule has 0 fully saturated rings. The van der Waals surface area contributed by atoms with Gasteiger partial charge in [0.25, 0.3) is 0 Å². The lowest BCUT2D eigenvalue weighted by atomic mass is 9.97. The molecule has 0 aliphatic heterocycles. The highest BCUT2D eigenvalue weighted by molar-refractivity contribution is 5.86. The van der Waals surface area contributed by atoms with Crippen LogP contribution in [0.5, 0.6) is 0 Å². The zero-order valence-electron chi connectivity index (χ0n) is 13.6. The summed E-state index contributed by atoms with van der Waals surface area (Å²) in [6.07, 6.45) is -2.86. The Bertz CT molecular complexity index is 673. The average molecular weight is 317 g/mol. The Kier molecular flexibility index (Phi) is 5.23. The fourth-order valence-corrected chi connectivity index (χ4v) is 2.33. The highest BCUT2D eigenvalue weighted by Gasteiger charge is 2.22. The number of carbonyl (C=O) groups is 1. The van der Waals surface area contributed by atoms with Gasteiger partial charge >= 0.3 is 6.09 Å². The van der Waals surface area contributed by atoms with Gasteiger partial charge in [-0.15, -0.1) is 0 Å². The van der Waals surface area contributed by atoms with E-state index in [1.54, 1.807) is 26.8 Å². The number of hydrogen-bond donors (Lipinski definition) is 3. The van der Waals surface area contributed by atoms with Gasteiger partial charge in [-0.1, -0.05) is 42.5 Å². The van der Waals surface area contributed by atoms with Gasteiger partial charge in [0, 0.05) is 6.54 Å². The molecular formula is C18H23NO4. The van der Waals surface area contributed by atoms with E-state index < -0.39 is 23.9 Å². The second kappa shape index (κ2) is 6.98. The highest BCUT2D eigenvalue weighted by Crippen LogP contribution is 2.26. The largest absolute Gasteiger partial charge is 0.444 e. The first kappa shape index (κ1) is 17.2. The summed E-state index contributed by atoms with van der Waals surface area (Å²) in [5, 5.41) is 24.9. The van der Waals surface area contributed by atoms with Crippen molar-refractivity contribution in [1.82, 2.24) is 5.32 Å². The molecule has 0 radical (unpaired) electrons. The number of nitrogens with one attached hydrogen (secondary N) is 1. The molecule has 0 spiro atoms. The Hall–Kier alpha value is -2.11. The van der Waals surface area contributed by atoms with Crippen LogP contribution in [0.25, 0.3) is 10.8 Å². The molecule has 0 bridgehead atoms. The minimum atomic E-state index is -1.13. The van der Waals surface area contributed by atoms with Crippen LogP contribution in [0.3, 0.4) is 0 Å². The maximum Gasteiger partial charge on any atom is 0.407 e. The molecule has 2 rings (SSSR count). The van der Waals surface area contributed by atoms with Gasteiger partial charge in [0.1, 0.15) is 17.8 Å².